The van der Waals surface area contributed by atoms with E-state index in [9.17, 15) is 38.4 Å². The van der Waals surface area contributed by atoms with Crippen LogP contribution >= 0.6 is 0 Å². The maximum atomic E-state index is 11.7. The van der Waals surface area contributed by atoms with Crippen molar-refractivity contribution in [3.63, 3.8) is 0 Å². The van der Waals surface area contributed by atoms with Gasteiger partial charge in [-0.15, -0.1) is 0 Å². The molecule has 0 unspecified atom stereocenters. The van der Waals surface area contributed by atoms with Crippen LogP contribution in [0.3, 0.4) is 0 Å². The second kappa shape index (κ2) is 63.0. The van der Waals surface area contributed by atoms with E-state index < -0.39 is 41.0 Å². The molecule has 21 saturated carbocycles. The standard InChI is InChI=1S/2C16H23O2.C16H15O2.C15H21O2.C14H19O3.C14H19O2.C12H13O2.C10H15O2.2C2H6.8Y/c1-4-14(17)18-15(2,3)16-8-11-5-12(9-16)7-13(6-11)10-16;1-4-15(17)18-16(10(2)3)13-6-11-5-12(8-13)9-14(16)7-11;1-4-15(17)18-16(2,3)14-10-9-12-7-5-6-8-13(12)11-14;1-3-14(16)17-15(4-2)12-6-10-5-11(8-12)9-13(15)7-10;1-2-13(15)16-9-17-14-6-10-3-11(7-14)5-12(4-10)8-14;1-3-13(15)16-14(2)11-5-9-4-10(7-11)8-12(14)6-9;1-4-11(13)14-12(2,3)10-8-6-5-7-9-10;1-3-9(11)12-10(4-2)7-5-6-8-10;2*1-2;;;;;;;;/h11-13H,1,5-10H2,2-3H3;10-14H,1,5-9H2,2-3H3;5-11H,1H2,2-3H3;10-13H,1,4-9H2,2H3;10-12H,1,3-9H2;9-12H,1,4-8H2,2H3;5-9H,1H2,2-3H3;1,4-8H2,2H3;2*1-2H3;;;;;;;;/q8*-1;;;;;;;;;;. The van der Waals surface area contributed by atoms with Gasteiger partial charge in [0.15, 0.2) is 6.79 Å². The minimum atomic E-state index is -0.689. The molecule has 3 aromatic carbocycles. The molecule has 0 spiro atoms. The number of hydrogen-bond donors (Lipinski definition) is 0. The zero-order valence-corrected chi connectivity index (χ0v) is 111. The van der Waals surface area contributed by atoms with Gasteiger partial charge >= 0.3 is 0 Å². The van der Waals surface area contributed by atoms with Gasteiger partial charge in [0.05, 0.1) is 5.60 Å². The van der Waals surface area contributed by atoms with Gasteiger partial charge in [0.25, 0.3) is 0 Å². The Morgan fingerprint density at radius 2 is 0.676 bits per heavy atom. The van der Waals surface area contributed by atoms with Gasteiger partial charge in [-0.05, 0) is 401 Å². The summed E-state index contributed by atoms with van der Waals surface area (Å²) in [6.45, 7) is 57.0. The molecule has 21 aliphatic carbocycles. The van der Waals surface area contributed by atoms with E-state index in [0.717, 1.165) is 145 Å². The van der Waals surface area contributed by atoms with Crippen LogP contribution in [-0.2, 0) is 354 Å². The molecule has 21 aliphatic rings. The minimum Gasteiger partial charge on any atom is -0.484 e. The molecule has 0 amide bonds. The molecule has 25 heteroatoms. The monoisotopic (exact) mass is 2550 g/mol. The summed E-state index contributed by atoms with van der Waals surface area (Å²) < 4.78 is 49.6. The summed E-state index contributed by atoms with van der Waals surface area (Å²) in [4.78, 5) is 90.4. The smallest absolute Gasteiger partial charge is 0.190 e. The Morgan fingerprint density at radius 1 is 0.352 bits per heavy atom. The molecule has 0 saturated heterocycles. The van der Waals surface area contributed by atoms with Crippen molar-refractivity contribution in [1.82, 2.24) is 0 Å². The Hall–Kier alpha value is 0.391. The van der Waals surface area contributed by atoms with E-state index in [1.54, 1.807) is 0 Å². The maximum Gasteiger partial charge on any atom is 0.190 e. The summed E-state index contributed by atoms with van der Waals surface area (Å²) in [5.74, 6) is 11.1. The number of carbonyl (C=O) groups excluding carboxylic acids is 8. The van der Waals surface area contributed by atoms with Gasteiger partial charge in [-0.25, -0.2) is 0 Å². The number of ether oxygens (including phenoxy) is 9. The number of esters is 8. The van der Waals surface area contributed by atoms with Crippen molar-refractivity contribution in [1.29, 1.82) is 0 Å². The minimum absolute atomic E-state index is 0. The van der Waals surface area contributed by atoms with Crippen LogP contribution in [0.15, 0.2) is 125 Å². The van der Waals surface area contributed by atoms with Crippen LogP contribution in [0.25, 0.3) is 10.8 Å². The Kier molecular flexibility index (Phi) is 61.4. The summed E-state index contributed by atoms with van der Waals surface area (Å²) in [5, 5.41) is 2.29. The van der Waals surface area contributed by atoms with E-state index in [1.807, 2.05) is 122 Å². The van der Waals surface area contributed by atoms with Crippen LogP contribution < -0.4 is 0 Å². The first-order valence-corrected chi connectivity index (χ1v) is 51.0. The first kappa shape index (κ1) is 138. The summed E-state index contributed by atoms with van der Waals surface area (Å²) in [6.07, 6.45) is 59.5. The molecule has 21 fully saturated rings. The number of fused-ring (bicyclic) bond motifs is 1. The Balaban J connectivity index is 0.000000543. The molecular formula is C117H160O17Y8-8. The topological polar surface area (TPSA) is 220 Å². The SMILES string of the molecule is C=[C-]C(=O)OC(C)(C)C12CC3CC(CC(C3)C1)C2.C=[C-]C(=O)OC(C)(C)c1ccc2ccccc2c1.C=[C-]C(=O)OC(C)(C)c1ccccc1.C=[C-]C(=O)OC1(C(C)C)C2CC3CC(C2)CC1C3.C=[C-]C(=O)OC1(C)C2CC3CC(C2)CC1C3.C=[C-]C(=O)OC1(CC)C2CC3CC(C2)CC1C3.C=[C-]C(=O)OC1(CC)CCCC1.C=[C-]C(=O)OCOC12CC3CC(CC(C3)C1)C2.CC.CC.[Y].[Y].[Y].[Y].[Y].[Y].[Y].[Y]. The Morgan fingerprint density at radius 3 is 1.05 bits per heavy atom. The third-order valence-corrected chi connectivity index (χ3v) is 34.4. The van der Waals surface area contributed by atoms with Gasteiger partial charge in [-0.3, -0.25) is 91.0 Å². The van der Waals surface area contributed by atoms with Crippen molar-refractivity contribution < 1.29 is 343 Å². The molecule has 142 heavy (non-hydrogen) atoms. The molecule has 17 nitrogen and oxygen atoms in total. The van der Waals surface area contributed by atoms with Gasteiger partial charge < -0.3 is 91.2 Å². The largest absolute Gasteiger partial charge is 0.484 e. The van der Waals surface area contributed by atoms with Gasteiger partial charge in [0, 0.05) is 267 Å². The maximum absolute atomic E-state index is 11.7. The van der Waals surface area contributed by atoms with Gasteiger partial charge in [-0.1, -0.05) is 122 Å². The van der Waals surface area contributed by atoms with Gasteiger partial charge in [-0.2, -0.15) is 0 Å². The Bertz CT molecular complexity index is 4430. The third kappa shape index (κ3) is 35.2. The van der Waals surface area contributed by atoms with Crippen LogP contribution in [0, 0.1) is 166 Å². The van der Waals surface area contributed by atoms with E-state index in [-0.39, 0.29) is 325 Å². The van der Waals surface area contributed by atoms with Crippen LogP contribution in [0.1, 0.15) is 327 Å². The molecule has 24 rings (SSSR count). The molecule has 8 radical (unpaired) electrons. The van der Waals surface area contributed by atoms with Gasteiger partial charge in [0.2, 0.25) is 0 Å². The van der Waals surface area contributed by atoms with Crippen LogP contribution in [-0.4, -0.2) is 88.2 Å². The van der Waals surface area contributed by atoms with Crippen LogP contribution in [0.2, 0.25) is 0 Å². The van der Waals surface area contributed by atoms with Crippen molar-refractivity contribution in [3.8, 4) is 0 Å². The van der Waals surface area contributed by atoms with Crippen molar-refractivity contribution in [2.75, 3.05) is 6.79 Å². The van der Waals surface area contributed by atoms with Gasteiger partial charge in [0.1, 0.15) is 87.0 Å². The first-order valence-electron chi connectivity index (χ1n) is 51.0. The predicted molar refractivity (Wildman–Crippen MR) is 522 cm³/mol. The molecular weight excluding hydrogens is 2390 g/mol. The third-order valence-electron chi connectivity index (χ3n) is 34.4. The Labute approximate surface area is 1060 Å². The zero-order chi connectivity index (χ0) is 97.9. The second-order valence-corrected chi connectivity index (χ2v) is 43.7. The summed E-state index contributed by atoms with van der Waals surface area (Å²) in [5.41, 5.74) is -0.403. The summed E-state index contributed by atoms with van der Waals surface area (Å²) in [7, 11) is 0. The van der Waals surface area contributed by atoms with Crippen LogP contribution in [0.4, 0.5) is 0 Å². The number of benzene rings is 3. The molecule has 20 bridgehead atoms. The average Bonchev–Trinajstić information content (AvgIpc) is 0.787. The van der Waals surface area contributed by atoms with E-state index in [2.05, 4.69) is 156 Å². The second-order valence-electron chi connectivity index (χ2n) is 43.7. The number of carbonyl (C=O) groups is 8. The predicted octanol–water partition coefficient (Wildman–Crippen LogP) is 25.5. The molecule has 0 aliphatic heterocycles. The fourth-order valence-electron chi connectivity index (χ4n) is 29.4. The van der Waals surface area contributed by atoms with Crippen molar-refractivity contribution in [3.05, 3.63) is 185 Å². The summed E-state index contributed by atoms with van der Waals surface area (Å²) in [6, 6.07) is 23.7. The molecule has 0 atom stereocenters. The van der Waals surface area contributed by atoms with E-state index >= 15 is 0 Å². The van der Waals surface area contributed by atoms with Crippen molar-refractivity contribution in [2.24, 2.45) is 118 Å². The average molecular weight is 2550 g/mol. The normalized spacial score (nSPS) is 31.5. The number of hydrogen-bond acceptors (Lipinski definition) is 17. The molecule has 0 N–H and O–H groups in total. The van der Waals surface area contributed by atoms with E-state index in [0.29, 0.717) is 41.4 Å². The van der Waals surface area contributed by atoms with E-state index in [1.165, 1.54) is 159 Å². The summed E-state index contributed by atoms with van der Waals surface area (Å²) >= 11 is 0. The zero-order valence-electron chi connectivity index (χ0n) is 88.7. The molecule has 3 aromatic rings. The fraction of sp³-hybridized carbons (Fsp3) is 0.658. The fourth-order valence-corrected chi connectivity index (χ4v) is 29.4. The first-order chi connectivity index (χ1) is 63.8. The molecule has 762 valence electrons. The van der Waals surface area contributed by atoms with Crippen molar-refractivity contribution >= 4 is 58.5 Å². The van der Waals surface area contributed by atoms with Crippen molar-refractivity contribution in [2.45, 2.75) is 361 Å². The number of rotatable bonds is 24. The molecule has 0 aromatic heterocycles. The molecule has 0 heterocycles. The van der Waals surface area contributed by atoms with E-state index in [4.69, 9.17) is 42.6 Å². The van der Waals surface area contributed by atoms with Crippen LogP contribution in [0.5, 0.6) is 0 Å². The quantitative estimate of drug-likeness (QED) is 0.0267.